The number of hydrogen-bond donors (Lipinski definition) is 0. The van der Waals surface area contributed by atoms with Crippen molar-refractivity contribution in [2.75, 3.05) is 0 Å². The highest BCUT2D eigenvalue weighted by atomic mass is 79.9. The number of halogens is 2. The SMILES string of the molecule is CC(C)(C)OC(=O)N1C(=O)CCC(N2C(=O)c3cc(F)c(Br)cc3C2=O)C1=O. The molecule has 1 aromatic rings. The zero-order chi connectivity index (χ0) is 21.0. The first kappa shape index (κ1) is 20.1. The van der Waals surface area contributed by atoms with Gasteiger partial charge in [0.1, 0.15) is 17.5 Å². The van der Waals surface area contributed by atoms with Gasteiger partial charge in [-0.2, -0.15) is 4.90 Å². The molecular formula is C18H16BrFN2O6. The molecule has 1 fully saturated rings. The molecule has 1 atom stereocenters. The van der Waals surface area contributed by atoms with E-state index in [1.807, 2.05) is 0 Å². The van der Waals surface area contributed by atoms with Crippen LogP contribution in [0.4, 0.5) is 9.18 Å². The molecule has 0 bridgehead atoms. The second kappa shape index (κ2) is 6.77. The second-order valence-electron chi connectivity index (χ2n) is 7.39. The molecule has 5 amide bonds. The van der Waals surface area contributed by atoms with Gasteiger partial charge >= 0.3 is 6.09 Å². The molecule has 10 heteroatoms. The Morgan fingerprint density at radius 1 is 1.14 bits per heavy atom. The highest BCUT2D eigenvalue weighted by Gasteiger charge is 2.49. The smallest absolute Gasteiger partial charge is 0.424 e. The second-order valence-corrected chi connectivity index (χ2v) is 8.25. The number of carbonyl (C=O) groups is 5. The molecule has 28 heavy (non-hydrogen) atoms. The minimum Gasteiger partial charge on any atom is -0.443 e. The summed E-state index contributed by atoms with van der Waals surface area (Å²) in [7, 11) is 0. The molecule has 0 aliphatic carbocycles. The number of rotatable bonds is 1. The van der Waals surface area contributed by atoms with E-state index < -0.39 is 47.2 Å². The van der Waals surface area contributed by atoms with Crippen LogP contribution in [0.2, 0.25) is 0 Å². The van der Waals surface area contributed by atoms with Gasteiger partial charge in [0.25, 0.3) is 17.7 Å². The van der Waals surface area contributed by atoms with Crippen molar-refractivity contribution in [3.8, 4) is 0 Å². The Morgan fingerprint density at radius 2 is 1.71 bits per heavy atom. The maximum atomic E-state index is 13.8. The number of ether oxygens (including phenoxy) is 1. The minimum absolute atomic E-state index is 0.00483. The van der Waals surface area contributed by atoms with Gasteiger partial charge in [-0.15, -0.1) is 0 Å². The van der Waals surface area contributed by atoms with Crippen LogP contribution in [0, 0.1) is 5.82 Å². The average molecular weight is 455 g/mol. The summed E-state index contributed by atoms with van der Waals surface area (Å²) in [4.78, 5) is 63.5. The van der Waals surface area contributed by atoms with Crippen LogP contribution in [0.15, 0.2) is 16.6 Å². The first-order chi connectivity index (χ1) is 12.9. The van der Waals surface area contributed by atoms with Crippen molar-refractivity contribution >= 4 is 45.7 Å². The quantitative estimate of drug-likeness (QED) is 0.604. The number of amides is 5. The van der Waals surface area contributed by atoms with Gasteiger partial charge in [-0.1, -0.05) is 0 Å². The van der Waals surface area contributed by atoms with Crippen LogP contribution < -0.4 is 0 Å². The summed E-state index contributed by atoms with van der Waals surface area (Å²) >= 11 is 2.95. The predicted octanol–water partition coefficient (Wildman–Crippen LogP) is 2.64. The van der Waals surface area contributed by atoms with E-state index in [-0.39, 0.29) is 28.4 Å². The van der Waals surface area contributed by atoms with Gasteiger partial charge in [0.05, 0.1) is 15.6 Å². The lowest BCUT2D eigenvalue weighted by atomic mass is 10.0. The van der Waals surface area contributed by atoms with Gasteiger partial charge in [-0.05, 0) is 55.3 Å². The van der Waals surface area contributed by atoms with Crippen LogP contribution >= 0.6 is 15.9 Å². The molecule has 0 saturated carbocycles. The molecule has 8 nitrogen and oxygen atoms in total. The summed E-state index contributed by atoms with van der Waals surface area (Å²) in [6.45, 7) is 4.70. The number of benzene rings is 1. The van der Waals surface area contributed by atoms with Crippen LogP contribution in [-0.4, -0.2) is 51.2 Å². The fourth-order valence-electron chi connectivity index (χ4n) is 3.04. The Labute approximate surface area is 167 Å². The highest BCUT2D eigenvalue weighted by molar-refractivity contribution is 9.10. The first-order valence-corrected chi connectivity index (χ1v) is 9.18. The molecule has 0 N–H and O–H groups in total. The number of nitrogens with zero attached hydrogens (tertiary/aromatic N) is 2. The summed E-state index contributed by atoms with van der Waals surface area (Å²) in [5.74, 6) is -4.19. The lowest BCUT2D eigenvalue weighted by Gasteiger charge is -2.34. The predicted molar refractivity (Wildman–Crippen MR) is 95.7 cm³/mol. The van der Waals surface area contributed by atoms with E-state index in [4.69, 9.17) is 4.74 Å². The van der Waals surface area contributed by atoms with Gasteiger partial charge in [0, 0.05) is 6.42 Å². The van der Waals surface area contributed by atoms with Crippen molar-refractivity contribution in [2.45, 2.75) is 45.3 Å². The van der Waals surface area contributed by atoms with E-state index in [2.05, 4.69) is 15.9 Å². The van der Waals surface area contributed by atoms with Crippen molar-refractivity contribution in [3.05, 3.63) is 33.5 Å². The number of imide groups is 4. The van der Waals surface area contributed by atoms with Gasteiger partial charge in [-0.25, -0.2) is 9.18 Å². The maximum Gasteiger partial charge on any atom is 0.424 e. The normalized spacial score (nSPS) is 20.0. The summed E-state index contributed by atoms with van der Waals surface area (Å²) < 4.78 is 18.9. The molecule has 0 spiro atoms. The molecule has 1 aromatic carbocycles. The van der Waals surface area contributed by atoms with Crippen molar-refractivity contribution < 1.29 is 33.1 Å². The molecular weight excluding hydrogens is 439 g/mol. The van der Waals surface area contributed by atoms with Crippen LogP contribution in [0.3, 0.4) is 0 Å². The van der Waals surface area contributed by atoms with Crippen LogP contribution in [0.1, 0.15) is 54.3 Å². The number of piperidine rings is 1. The van der Waals surface area contributed by atoms with Gasteiger partial charge in [0.15, 0.2) is 0 Å². The van der Waals surface area contributed by atoms with Crippen LogP contribution in [0.25, 0.3) is 0 Å². The summed E-state index contributed by atoms with van der Waals surface area (Å²) in [6, 6.07) is 0.707. The zero-order valence-electron chi connectivity index (χ0n) is 15.2. The van der Waals surface area contributed by atoms with E-state index in [9.17, 15) is 28.4 Å². The Hall–Kier alpha value is -2.62. The molecule has 0 radical (unpaired) electrons. The molecule has 2 aliphatic heterocycles. The zero-order valence-corrected chi connectivity index (χ0v) is 16.8. The van der Waals surface area contributed by atoms with E-state index in [0.29, 0.717) is 9.80 Å². The van der Waals surface area contributed by atoms with Crippen molar-refractivity contribution in [3.63, 3.8) is 0 Å². The molecule has 1 unspecified atom stereocenters. The Bertz CT molecular complexity index is 898. The van der Waals surface area contributed by atoms with E-state index in [1.165, 1.54) is 0 Å². The maximum absolute atomic E-state index is 13.8. The number of fused-ring (bicyclic) bond motifs is 1. The average Bonchev–Trinajstić information content (AvgIpc) is 2.78. The fraction of sp³-hybridized carbons (Fsp3) is 0.389. The standard InChI is InChI=1S/C18H16BrFN2O6/c1-18(2,3)28-17(27)22-13(23)5-4-12(16(22)26)21-14(24)8-6-10(19)11(20)7-9(8)15(21)25/h6-7,12H,4-5H2,1-3H3. The monoisotopic (exact) mass is 454 g/mol. The van der Waals surface area contributed by atoms with Crippen LogP contribution in [-0.2, 0) is 14.3 Å². The molecule has 1 saturated heterocycles. The van der Waals surface area contributed by atoms with Gasteiger partial charge in [-0.3, -0.25) is 24.1 Å². The van der Waals surface area contributed by atoms with E-state index in [0.717, 1.165) is 12.1 Å². The Morgan fingerprint density at radius 3 is 2.29 bits per heavy atom. The first-order valence-electron chi connectivity index (χ1n) is 8.39. The molecule has 148 valence electrons. The largest absolute Gasteiger partial charge is 0.443 e. The number of carbonyl (C=O) groups excluding carboxylic acids is 5. The van der Waals surface area contributed by atoms with Gasteiger partial charge < -0.3 is 4.74 Å². The topological polar surface area (TPSA) is 101 Å². The number of likely N-dealkylation sites (tertiary alicyclic amines) is 1. The third-order valence-corrected chi connectivity index (χ3v) is 4.84. The summed E-state index contributed by atoms with van der Waals surface area (Å²) in [6.07, 6.45) is -1.54. The van der Waals surface area contributed by atoms with Crippen molar-refractivity contribution in [1.82, 2.24) is 9.80 Å². The lowest BCUT2D eigenvalue weighted by molar-refractivity contribution is -0.149. The Kier molecular flexibility index (Phi) is 4.86. The highest BCUT2D eigenvalue weighted by Crippen LogP contribution is 2.32. The summed E-state index contributed by atoms with van der Waals surface area (Å²) in [5.41, 5.74) is -1.20. The van der Waals surface area contributed by atoms with Crippen molar-refractivity contribution in [2.24, 2.45) is 0 Å². The van der Waals surface area contributed by atoms with E-state index in [1.54, 1.807) is 20.8 Å². The molecule has 0 aromatic heterocycles. The Balaban J connectivity index is 1.93. The third kappa shape index (κ3) is 3.32. The fourth-order valence-corrected chi connectivity index (χ4v) is 3.39. The lowest BCUT2D eigenvalue weighted by Crippen LogP contribution is -2.58. The third-order valence-electron chi connectivity index (χ3n) is 4.23. The minimum atomic E-state index is -1.36. The van der Waals surface area contributed by atoms with Crippen molar-refractivity contribution in [1.29, 1.82) is 0 Å². The van der Waals surface area contributed by atoms with Gasteiger partial charge in [0.2, 0.25) is 5.91 Å². The summed E-state index contributed by atoms with van der Waals surface area (Å²) in [5, 5.41) is 0. The van der Waals surface area contributed by atoms with Crippen LogP contribution in [0.5, 0.6) is 0 Å². The molecule has 2 aliphatic rings. The molecule has 2 heterocycles. The number of hydrogen-bond acceptors (Lipinski definition) is 6. The molecule has 3 rings (SSSR count). The van der Waals surface area contributed by atoms with E-state index >= 15 is 0 Å².